The summed E-state index contributed by atoms with van der Waals surface area (Å²) < 4.78 is 76.8. The first-order valence-electron chi connectivity index (χ1n) is 6.36. The summed E-state index contributed by atoms with van der Waals surface area (Å²) in [4.78, 5) is 1.56. The van der Waals surface area contributed by atoms with Crippen LogP contribution in [0.5, 0.6) is 0 Å². The van der Waals surface area contributed by atoms with Crippen molar-refractivity contribution >= 4 is 5.69 Å². The molecule has 1 aliphatic heterocycles. The number of nitrogens with one attached hydrogen (secondary N) is 1. The first-order valence-corrected chi connectivity index (χ1v) is 6.36. The number of alkyl halides is 6. The second-order valence-electron chi connectivity index (χ2n) is 5.01. The van der Waals surface area contributed by atoms with Crippen molar-refractivity contribution in [2.24, 2.45) is 0 Å². The maximum absolute atomic E-state index is 12.8. The number of benzene rings is 1. The summed E-state index contributed by atoms with van der Waals surface area (Å²) in [5.74, 6) is 0. The number of hydrogen-bond donors (Lipinski definition) is 1. The predicted octanol–water partition coefficient (Wildman–Crippen LogP) is 3.52. The van der Waals surface area contributed by atoms with Crippen LogP contribution in [0.1, 0.15) is 18.1 Å². The van der Waals surface area contributed by atoms with Crippen molar-refractivity contribution in [1.82, 2.24) is 5.32 Å². The molecule has 1 aromatic carbocycles. The van der Waals surface area contributed by atoms with E-state index in [0.29, 0.717) is 19.6 Å². The van der Waals surface area contributed by atoms with Crippen molar-refractivity contribution in [3.63, 3.8) is 0 Å². The predicted molar refractivity (Wildman–Crippen MR) is 66.1 cm³/mol. The summed E-state index contributed by atoms with van der Waals surface area (Å²) in [6.45, 7) is 3.14. The third-order valence-electron chi connectivity index (χ3n) is 3.41. The average molecular weight is 312 g/mol. The minimum atomic E-state index is -4.81. The van der Waals surface area contributed by atoms with Gasteiger partial charge in [-0.3, -0.25) is 0 Å². The fourth-order valence-corrected chi connectivity index (χ4v) is 2.33. The van der Waals surface area contributed by atoms with Gasteiger partial charge in [0.15, 0.2) is 0 Å². The highest BCUT2D eigenvalue weighted by atomic mass is 19.4. The molecule has 1 aromatic rings. The highest BCUT2D eigenvalue weighted by Gasteiger charge is 2.37. The normalized spacial score (nSPS) is 20.7. The molecule has 0 saturated carbocycles. The van der Waals surface area contributed by atoms with Crippen LogP contribution in [0.3, 0.4) is 0 Å². The van der Waals surface area contributed by atoms with E-state index >= 15 is 0 Å². The molecule has 1 atom stereocenters. The van der Waals surface area contributed by atoms with Crippen molar-refractivity contribution in [2.75, 3.05) is 24.5 Å². The molecule has 2 rings (SSSR count). The minimum absolute atomic E-state index is 0.0499. The van der Waals surface area contributed by atoms with Crippen LogP contribution < -0.4 is 10.2 Å². The molecule has 21 heavy (non-hydrogen) atoms. The van der Waals surface area contributed by atoms with Gasteiger partial charge in [-0.2, -0.15) is 26.3 Å². The number of piperazine rings is 1. The minimum Gasteiger partial charge on any atom is -0.366 e. The Morgan fingerprint density at radius 2 is 1.52 bits per heavy atom. The molecule has 2 nitrogen and oxygen atoms in total. The molecule has 0 spiro atoms. The summed E-state index contributed by atoms with van der Waals surface area (Å²) >= 11 is 0. The Hall–Kier alpha value is -1.44. The van der Waals surface area contributed by atoms with Gasteiger partial charge in [0, 0.05) is 31.4 Å². The summed E-state index contributed by atoms with van der Waals surface area (Å²) in [6, 6.07) is 1.52. The Morgan fingerprint density at radius 3 is 1.95 bits per heavy atom. The molecule has 1 N–H and O–H groups in total. The molecule has 0 aromatic heterocycles. The molecule has 118 valence electrons. The molecule has 1 saturated heterocycles. The van der Waals surface area contributed by atoms with E-state index in [9.17, 15) is 26.3 Å². The van der Waals surface area contributed by atoms with E-state index in [4.69, 9.17) is 0 Å². The first-order chi connectivity index (χ1) is 9.59. The lowest BCUT2D eigenvalue weighted by Crippen LogP contribution is -2.50. The lowest BCUT2D eigenvalue weighted by atomic mass is 10.1. The molecule has 8 heteroatoms. The maximum atomic E-state index is 12.8. The van der Waals surface area contributed by atoms with Gasteiger partial charge < -0.3 is 10.2 Å². The summed E-state index contributed by atoms with van der Waals surface area (Å²) in [6.07, 6.45) is -9.62. The van der Waals surface area contributed by atoms with Crippen LogP contribution >= 0.6 is 0 Å². The molecule has 1 aliphatic rings. The van der Waals surface area contributed by atoms with Crippen molar-refractivity contribution in [1.29, 1.82) is 0 Å². The number of hydrogen-bond acceptors (Lipinski definition) is 2. The molecular weight excluding hydrogens is 298 g/mol. The Labute approximate surface area is 117 Å². The molecule has 0 radical (unpaired) electrons. The lowest BCUT2D eigenvalue weighted by Gasteiger charge is -2.36. The standard InChI is InChI=1S/C13H14F6N2/c1-8-7-20-2-3-21(8)11-5-9(12(14,15)16)4-10(6-11)13(17,18)19/h4-6,8,20H,2-3,7H2,1H3/t8-/m1/s1. The Balaban J connectivity index is 2.49. The van der Waals surface area contributed by atoms with Crippen molar-refractivity contribution in [2.45, 2.75) is 25.3 Å². The molecule has 0 aliphatic carbocycles. The second-order valence-corrected chi connectivity index (χ2v) is 5.01. The van der Waals surface area contributed by atoms with Gasteiger partial charge in [0.1, 0.15) is 0 Å². The lowest BCUT2D eigenvalue weighted by molar-refractivity contribution is -0.143. The zero-order chi connectivity index (χ0) is 15.8. The summed E-state index contributed by atoms with van der Waals surface area (Å²) in [5, 5.41) is 3.04. The Morgan fingerprint density at radius 1 is 1.00 bits per heavy atom. The molecule has 1 fully saturated rings. The van der Waals surface area contributed by atoms with Crippen LogP contribution in [-0.2, 0) is 12.4 Å². The van der Waals surface area contributed by atoms with Gasteiger partial charge in [0.25, 0.3) is 0 Å². The number of anilines is 1. The average Bonchev–Trinajstić information content (AvgIpc) is 2.36. The van der Waals surface area contributed by atoms with Crippen LogP contribution in [0, 0.1) is 0 Å². The number of rotatable bonds is 1. The quantitative estimate of drug-likeness (QED) is 0.798. The third kappa shape index (κ3) is 3.61. The van der Waals surface area contributed by atoms with E-state index in [0.717, 1.165) is 12.1 Å². The Bertz CT molecular complexity index is 476. The van der Waals surface area contributed by atoms with Crippen molar-refractivity contribution in [3.05, 3.63) is 29.3 Å². The van der Waals surface area contributed by atoms with Crippen molar-refractivity contribution < 1.29 is 26.3 Å². The van der Waals surface area contributed by atoms with E-state index in [1.807, 2.05) is 0 Å². The fraction of sp³-hybridized carbons (Fsp3) is 0.538. The monoisotopic (exact) mass is 312 g/mol. The Kier molecular flexibility index (Phi) is 4.10. The van der Waals surface area contributed by atoms with Crippen LogP contribution in [0.15, 0.2) is 18.2 Å². The zero-order valence-corrected chi connectivity index (χ0v) is 11.1. The summed E-state index contributed by atoms with van der Waals surface area (Å²) in [7, 11) is 0. The van der Waals surface area contributed by atoms with Crippen LogP contribution in [-0.4, -0.2) is 25.7 Å². The van der Waals surface area contributed by atoms with E-state index in [1.54, 1.807) is 11.8 Å². The topological polar surface area (TPSA) is 15.3 Å². The van der Waals surface area contributed by atoms with Crippen molar-refractivity contribution in [3.8, 4) is 0 Å². The van der Waals surface area contributed by atoms with Crippen LogP contribution in [0.25, 0.3) is 0 Å². The molecule has 0 bridgehead atoms. The smallest absolute Gasteiger partial charge is 0.366 e. The first kappa shape index (κ1) is 15.9. The number of halogens is 6. The van der Waals surface area contributed by atoms with E-state index in [1.165, 1.54) is 0 Å². The molecule has 0 unspecified atom stereocenters. The van der Waals surface area contributed by atoms with E-state index in [-0.39, 0.29) is 17.8 Å². The van der Waals surface area contributed by atoms with Gasteiger partial charge >= 0.3 is 12.4 Å². The van der Waals surface area contributed by atoms with Gasteiger partial charge in [-0.1, -0.05) is 0 Å². The highest BCUT2D eigenvalue weighted by Crippen LogP contribution is 2.38. The molecule has 0 amide bonds. The van der Waals surface area contributed by atoms with Gasteiger partial charge in [-0.05, 0) is 25.1 Å². The van der Waals surface area contributed by atoms with Crippen LogP contribution in [0.4, 0.5) is 32.0 Å². The highest BCUT2D eigenvalue weighted by molar-refractivity contribution is 5.53. The molecule has 1 heterocycles. The van der Waals surface area contributed by atoms with E-state index < -0.39 is 23.5 Å². The largest absolute Gasteiger partial charge is 0.416 e. The SMILES string of the molecule is C[C@@H]1CNCCN1c1cc(C(F)(F)F)cc(C(F)(F)F)c1. The van der Waals surface area contributed by atoms with Gasteiger partial charge in [0.05, 0.1) is 11.1 Å². The zero-order valence-electron chi connectivity index (χ0n) is 11.1. The summed E-state index contributed by atoms with van der Waals surface area (Å²) in [5.41, 5.74) is -2.61. The molecular formula is C13H14F6N2. The number of nitrogens with zero attached hydrogens (tertiary/aromatic N) is 1. The third-order valence-corrected chi connectivity index (χ3v) is 3.41. The fourth-order valence-electron chi connectivity index (χ4n) is 2.33. The van der Waals surface area contributed by atoms with E-state index in [2.05, 4.69) is 5.32 Å². The van der Waals surface area contributed by atoms with Gasteiger partial charge in [-0.15, -0.1) is 0 Å². The van der Waals surface area contributed by atoms with Crippen LogP contribution in [0.2, 0.25) is 0 Å². The van der Waals surface area contributed by atoms with Gasteiger partial charge in [0.2, 0.25) is 0 Å². The van der Waals surface area contributed by atoms with Gasteiger partial charge in [-0.25, -0.2) is 0 Å². The second kappa shape index (κ2) is 5.40. The maximum Gasteiger partial charge on any atom is 0.416 e.